The maximum absolute atomic E-state index is 11.4. The minimum atomic E-state index is -0.393. The molecule has 6 rings (SSSR count). The maximum Gasteiger partial charge on any atom is 0.137 e. The van der Waals surface area contributed by atoms with Crippen LogP contribution in [0.1, 0.15) is 62.4 Å². The van der Waals surface area contributed by atoms with E-state index in [4.69, 9.17) is 0 Å². The monoisotopic (exact) mass is 526 g/mol. The summed E-state index contributed by atoms with van der Waals surface area (Å²) in [5, 5.41) is 22.2. The smallest absolute Gasteiger partial charge is 0.137 e. The second-order valence-corrected chi connectivity index (χ2v) is 12.6. The van der Waals surface area contributed by atoms with Gasteiger partial charge >= 0.3 is 0 Å². The first-order valence-corrected chi connectivity index (χ1v) is 13.1. The number of hydrogen-bond donors (Lipinski definition) is 2. The molecule has 0 aromatic heterocycles. The van der Waals surface area contributed by atoms with Crippen LogP contribution in [0.5, 0.6) is 5.75 Å². The van der Waals surface area contributed by atoms with Crippen molar-refractivity contribution in [3.05, 3.63) is 110 Å². The normalized spacial score (nSPS) is 24.7. The van der Waals surface area contributed by atoms with Gasteiger partial charge in [-0.05, 0) is 85.8 Å². The van der Waals surface area contributed by atoms with E-state index in [1.54, 1.807) is 0 Å². The van der Waals surface area contributed by atoms with E-state index in [0.29, 0.717) is 11.5 Å². The van der Waals surface area contributed by atoms with Crippen molar-refractivity contribution in [3.8, 4) is 16.9 Å². The van der Waals surface area contributed by atoms with E-state index in [2.05, 4.69) is 105 Å². The standard InChI is InChI=1S/C32H31BrO2/c1-30(2)23-12-13-25(33)29(35)28(23)20-11-10-18(15-24(20)30)14-19-16-26-31(3,4)21-8-6-7-9-22(21)32(26,5)27(34)17-19/h6-13,15-17,26,34-35H,14H2,1-5H3. The number of rotatable bonds is 2. The molecule has 0 saturated carbocycles. The van der Waals surface area contributed by atoms with Crippen LogP contribution in [0.4, 0.5) is 0 Å². The van der Waals surface area contributed by atoms with Crippen molar-refractivity contribution < 1.29 is 10.2 Å². The minimum absolute atomic E-state index is 0.0642. The molecule has 3 aliphatic rings. The summed E-state index contributed by atoms with van der Waals surface area (Å²) in [6, 6.07) is 19.2. The van der Waals surface area contributed by atoms with Gasteiger partial charge in [0, 0.05) is 16.9 Å². The average molecular weight is 528 g/mol. The Morgan fingerprint density at radius 1 is 0.829 bits per heavy atom. The van der Waals surface area contributed by atoms with Crippen molar-refractivity contribution in [3.63, 3.8) is 0 Å². The molecule has 3 aromatic rings. The molecule has 2 N–H and O–H groups in total. The number of hydrogen-bond acceptors (Lipinski definition) is 2. The van der Waals surface area contributed by atoms with Gasteiger partial charge in [0.15, 0.2) is 0 Å². The molecule has 3 aliphatic carbocycles. The molecule has 0 amide bonds. The van der Waals surface area contributed by atoms with E-state index >= 15 is 0 Å². The number of aliphatic hydroxyl groups excluding tert-OH is 1. The van der Waals surface area contributed by atoms with E-state index in [0.717, 1.165) is 33.2 Å². The van der Waals surface area contributed by atoms with Crippen LogP contribution in [0.2, 0.25) is 0 Å². The Morgan fingerprint density at radius 2 is 1.54 bits per heavy atom. The molecule has 3 heteroatoms. The lowest BCUT2D eigenvalue weighted by atomic mass is 9.65. The second kappa shape index (κ2) is 7.13. The van der Waals surface area contributed by atoms with Crippen molar-refractivity contribution in [2.75, 3.05) is 0 Å². The number of phenolic OH excluding ortho intramolecular Hbond substituents is 1. The summed E-state index contributed by atoms with van der Waals surface area (Å²) in [5.41, 5.74) is 8.72. The summed E-state index contributed by atoms with van der Waals surface area (Å²) in [7, 11) is 0. The van der Waals surface area contributed by atoms with Gasteiger partial charge in [-0.15, -0.1) is 0 Å². The number of phenols is 1. The molecule has 0 fully saturated rings. The second-order valence-electron chi connectivity index (χ2n) is 11.7. The van der Waals surface area contributed by atoms with Crippen molar-refractivity contribution in [1.82, 2.24) is 0 Å². The summed E-state index contributed by atoms with van der Waals surface area (Å²) in [6.07, 6.45) is 5.15. The van der Waals surface area contributed by atoms with Crippen molar-refractivity contribution in [1.29, 1.82) is 0 Å². The third kappa shape index (κ3) is 2.88. The number of aromatic hydroxyl groups is 1. The van der Waals surface area contributed by atoms with E-state index in [1.165, 1.54) is 22.3 Å². The average Bonchev–Trinajstić information content (AvgIpc) is 3.15. The Kier molecular flexibility index (Phi) is 4.62. The van der Waals surface area contributed by atoms with E-state index in [9.17, 15) is 10.2 Å². The number of allylic oxidation sites excluding steroid dienone is 4. The minimum Gasteiger partial charge on any atom is -0.511 e. The first kappa shape index (κ1) is 22.7. The first-order chi connectivity index (χ1) is 16.5. The van der Waals surface area contributed by atoms with Gasteiger partial charge in [0.05, 0.1) is 9.89 Å². The van der Waals surface area contributed by atoms with Crippen LogP contribution in [0.3, 0.4) is 0 Å². The zero-order valence-electron chi connectivity index (χ0n) is 20.9. The van der Waals surface area contributed by atoms with Gasteiger partial charge in [-0.1, -0.05) is 82.3 Å². The lowest BCUT2D eigenvalue weighted by Crippen LogP contribution is -2.38. The molecular formula is C32H31BrO2. The Morgan fingerprint density at radius 3 is 2.29 bits per heavy atom. The fraction of sp³-hybridized carbons (Fsp3) is 0.312. The van der Waals surface area contributed by atoms with E-state index in [1.807, 2.05) is 12.1 Å². The number of fused-ring (bicyclic) bond motifs is 6. The summed E-state index contributed by atoms with van der Waals surface area (Å²) in [6.45, 7) is 11.2. The number of benzene rings is 3. The molecule has 0 aliphatic heterocycles. The van der Waals surface area contributed by atoms with Crippen LogP contribution in [-0.2, 0) is 22.7 Å². The molecule has 35 heavy (non-hydrogen) atoms. The van der Waals surface area contributed by atoms with Gasteiger partial charge in [-0.2, -0.15) is 0 Å². The molecule has 178 valence electrons. The highest BCUT2D eigenvalue weighted by Gasteiger charge is 2.55. The molecule has 0 radical (unpaired) electrons. The van der Waals surface area contributed by atoms with Gasteiger partial charge in [-0.25, -0.2) is 0 Å². The summed E-state index contributed by atoms with van der Waals surface area (Å²) >= 11 is 3.48. The molecule has 0 bridgehead atoms. The SMILES string of the molecule is CC1(C)c2cc(CC3=CC4C(C)(C)c5ccccc5C4(C)C(O)=C3)ccc2-c2c1ccc(Br)c2O. The first-order valence-electron chi connectivity index (χ1n) is 12.3. The Hall–Kier alpha value is -2.78. The summed E-state index contributed by atoms with van der Waals surface area (Å²) < 4.78 is 0.722. The molecule has 2 unspecified atom stereocenters. The Bertz CT molecular complexity index is 1470. The highest BCUT2D eigenvalue weighted by atomic mass is 79.9. The van der Waals surface area contributed by atoms with Crippen LogP contribution in [0.25, 0.3) is 11.1 Å². The van der Waals surface area contributed by atoms with Crippen LogP contribution in [-0.4, -0.2) is 10.2 Å². The highest BCUT2D eigenvalue weighted by Crippen LogP contribution is 2.59. The molecule has 2 nitrogen and oxygen atoms in total. The van der Waals surface area contributed by atoms with Crippen molar-refractivity contribution in [2.45, 2.75) is 57.3 Å². The molecular weight excluding hydrogens is 496 g/mol. The quantitative estimate of drug-likeness (QED) is 0.352. The molecule has 3 aromatic carbocycles. The Balaban J connectivity index is 1.40. The van der Waals surface area contributed by atoms with Crippen LogP contribution >= 0.6 is 15.9 Å². The fourth-order valence-electron chi connectivity index (χ4n) is 7.10. The predicted molar refractivity (Wildman–Crippen MR) is 146 cm³/mol. The zero-order chi connectivity index (χ0) is 24.9. The zero-order valence-corrected chi connectivity index (χ0v) is 22.5. The third-order valence-corrected chi connectivity index (χ3v) is 9.69. The van der Waals surface area contributed by atoms with Gasteiger partial charge in [0.25, 0.3) is 0 Å². The predicted octanol–water partition coefficient (Wildman–Crippen LogP) is 8.25. The van der Waals surface area contributed by atoms with Crippen LogP contribution < -0.4 is 0 Å². The molecule has 0 spiro atoms. The number of aliphatic hydroxyl groups is 1. The topological polar surface area (TPSA) is 40.5 Å². The van der Waals surface area contributed by atoms with Gasteiger partial charge in [-0.3, -0.25) is 0 Å². The summed E-state index contributed by atoms with van der Waals surface area (Å²) in [4.78, 5) is 0. The van der Waals surface area contributed by atoms with Crippen LogP contribution in [0.15, 0.2) is 82.6 Å². The number of halogens is 1. The van der Waals surface area contributed by atoms with Gasteiger partial charge in [0.1, 0.15) is 11.5 Å². The van der Waals surface area contributed by atoms with Crippen molar-refractivity contribution in [2.24, 2.45) is 5.92 Å². The molecule has 0 heterocycles. The van der Waals surface area contributed by atoms with Crippen LogP contribution in [0, 0.1) is 5.92 Å². The highest BCUT2D eigenvalue weighted by molar-refractivity contribution is 9.10. The third-order valence-electron chi connectivity index (χ3n) is 9.05. The summed E-state index contributed by atoms with van der Waals surface area (Å²) in [5.74, 6) is 0.964. The molecule has 2 atom stereocenters. The largest absolute Gasteiger partial charge is 0.511 e. The lowest BCUT2D eigenvalue weighted by Gasteiger charge is -2.39. The van der Waals surface area contributed by atoms with Gasteiger partial charge in [0.2, 0.25) is 0 Å². The maximum atomic E-state index is 11.4. The Labute approximate surface area is 216 Å². The lowest BCUT2D eigenvalue weighted by molar-refractivity contribution is 0.224. The van der Waals surface area contributed by atoms with Crippen molar-refractivity contribution >= 4 is 15.9 Å². The van der Waals surface area contributed by atoms with E-state index < -0.39 is 5.41 Å². The van der Waals surface area contributed by atoms with E-state index in [-0.39, 0.29) is 16.7 Å². The molecule has 0 saturated heterocycles. The fourth-order valence-corrected chi connectivity index (χ4v) is 7.43. The van der Waals surface area contributed by atoms with Gasteiger partial charge < -0.3 is 10.2 Å².